The van der Waals surface area contributed by atoms with Gasteiger partial charge in [0.15, 0.2) is 23.6 Å². The summed E-state index contributed by atoms with van der Waals surface area (Å²) in [7, 11) is 0. The molecule has 4 N–H and O–H groups in total. The van der Waals surface area contributed by atoms with Crippen molar-refractivity contribution in [2.75, 3.05) is 13.2 Å². The van der Waals surface area contributed by atoms with Gasteiger partial charge < -0.3 is 49.1 Å². The topological polar surface area (TPSA) is 231 Å². The van der Waals surface area contributed by atoms with Crippen molar-refractivity contribution in [3.63, 3.8) is 0 Å². The van der Waals surface area contributed by atoms with Gasteiger partial charge in [-0.15, -0.1) is 0 Å². The summed E-state index contributed by atoms with van der Waals surface area (Å²) >= 11 is 0. The first-order valence-electron chi connectivity index (χ1n) is 21.2. The lowest BCUT2D eigenvalue weighted by Gasteiger charge is -2.67. The van der Waals surface area contributed by atoms with Crippen molar-refractivity contribution in [3.05, 3.63) is 119 Å². The van der Waals surface area contributed by atoms with Crippen molar-refractivity contribution in [1.82, 2.24) is 5.32 Å². The van der Waals surface area contributed by atoms with Crippen molar-refractivity contribution in [2.45, 2.75) is 108 Å². The molecule has 11 atom stereocenters. The van der Waals surface area contributed by atoms with Crippen molar-refractivity contribution in [2.24, 2.45) is 16.7 Å². The Balaban J connectivity index is 1.39. The number of fused-ring (bicyclic) bond motifs is 5. The molecule has 1 amide bonds. The molecule has 4 aliphatic rings. The second-order valence-corrected chi connectivity index (χ2v) is 17.5. The number of esters is 3. The molecule has 3 aromatic rings. The van der Waals surface area contributed by atoms with E-state index in [0.29, 0.717) is 5.56 Å². The molecule has 7 rings (SSSR count). The number of carbonyl (C=O) groups is 6. The summed E-state index contributed by atoms with van der Waals surface area (Å²) in [5.74, 6) is -6.23. The van der Waals surface area contributed by atoms with Crippen LogP contribution >= 0.6 is 0 Å². The van der Waals surface area contributed by atoms with Gasteiger partial charge >= 0.3 is 24.1 Å². The van der Waals surface area contributed by atoms with Gasteiger partial charge in [0.05, 0.1) is 42.3 Å². The number of rotatable bonds is 11. The van der Waals surface area contributed by atoms with Crippen LogP contribution in [0.2, 0.25) is 0 Å². The van der Waals surface area contributed by atoms with Crippen LogP contribution in [-0.4, -0.2) is 112 Å². The smallest absolute Gasteiger partial charge is 0.456 e. The molecular formula is C48H53NO15. The van der Waals surface area contributed by atoms with E-state index in [4.69, 9.17) is 28.4 Å². The van der Waals surface area contributed by atoms with Crippen LogP contribution in [0.1, 0.15) is 86.7 Å². The van der Waals surface area contributed by atoms with Crippen LogP contribution in [0, 0.1) is 16.7 Å². The zero-order chi connectivity index (χ0) is 46.4. The van der Waals surface area contributed by atoms with E-state index in [1.54, 1.807) is 99.6 Å². The standard InChI is InChI=1S/C48H53NO15/c1-7-59-44(57)64-47-25-60-33(47)23-32(51)46(6)38(47)40(63-42(55)30-21-15-10-16-22-30)48(58)24-31(26(2)34(45(48,4)5)37(39(46)53)61-27(3)50)62-43(56)36(52)35(28-17-11-8-12-18-28)49-41(54)29-19-13-9-14-20-29/h8-22,31-33,35-38,40,51-52,58H,7,23-25H2,1-6H3,(H,49,54)/t31-,32-,33?,35-,36+,37+,38-,40-,46+,47-,48+/m0/s1. The SMILES string of the molecule is CCOC(=O)O[C@@]12COC1C[C@H](O)[C@@]1(C)C(=O)[C@H](OC(C)=O)C3=C(C)[C@@H](OC(=O)[C@H](O)[C@@H](NC(=O)c4ccccc4)c4ccccc4)C[C@@](O)([C@@H](OC(=O)c4ccccc4)[C@@H]12)C3(C)C. The molecule has 2 bridgehead atoms. The largest absolute Gasteiger partial charge is 0.509 e. The number of amides is 1. The summed E-state index contributed by atoms with van der Waals surface area (Å²) in [6, 6.07) is 22.8. The van der Waals surface area contributed by atoms with Crippen LogP contribution in [-0.2, 0) is 42.8 Å². The van der Waals surface area contributed by atoms with Gasteiger partial charge in [-0.25, -0.2) is 14.4 Å². The number of ether oxygens (including phenoxy) is 6. The minimum absolute atomic E-state index is 0.0225. The predicted molar refractivity (Wildman–Crippen MR) is 224 cm³/mol. The Morgan fingerprint density at radius 2 is 1.47 bits per heavy atom. The Hall–Kier alpha value is -5.94. The number of nitrogens with one attached hydrogen (secondary N) is 1. The normalized spacial score (nSPS) is 31.2. The number of ketones is 1. The molecule has 0 spiro atoms. The number of aliphatic hydroxyl groups is 3. The van der Waals surface area contributed by atoms with Crippen molar-refractivity contribution in [1.29, 1.82) is 0 Å². The molecule has 1 heterocycles. The first-order chi connectivity index (χ1) is 30.3. The van der Waals surface area contributed by atoms with Gasteiger partial charge in [-0.05, 0) is 61.7 Å². The lowest BCUT2D eigenvalue weighted by Crippen LogP contribution is -2.82. The number of hydrogen-bond donors (Lipinski definition) is 4. The van der Waals surface area contributed by atoms with E-state index in [0.717, 1.165) is 6.92 Å². The quantitative estimate of drug-likeness (QED) is 0.119. The highest BCUT2D eigenvalue weighted by atomic mass is 16.8. The maximum atomic E-state index is 15.6. The molecule has 64 heavy (non-hydrogen) atoms. The molecule has 16 nitrogen and oxygen atoms in total. The average molecular weight is 884 g/mol. The van der Waals surface area contributed by atoms with Crippen molar-refractivity contribution >= 4 is 35.8 Å². The molecule has 3 fully saturated rings. The second kappa shape index (κ2) is 17.6. The summed E-state index contributed by atoms with van der Waals surface area (Å²) in [5.41, 5.74) is -7.35. The van der Waals surface area contributed by atoms with Crippen molar-refractivity contribution < 1.29 is 72.5 Å². The number of aliphatic hydroxyl groups excluding tert-OH is 2. The maximum Gasteiger partial charge on any atom is 0.509 e. The van der Waals surface area contributed by atoms with Gasteiger partial charge in [0.25, 0.3) is 5.91 Å². The molecular weight excluding hydrogens is 831 g/mol. The highest BCUT2D eigenvalue weighted by Crippen LogP contribution is 2.64. The molecule has 1 aliphatic heterocycles. The third kappa shape index (κ3) is 7.75. The van der Waals surface area contributed by atoms with E-state index in [1.165, 1.54) is 26.0 Å². The summed E-state index contributed by atoms with van der Waals surface area (Å²) in [5, 5.41) is 40.4. The molecule has 3 aromatic carbocycles. The maximum absolute atomic E-state index is 15.6. The zero-order valence-electron chi connectivity index (χ0n) is 36.3. The average Bonchev–Trinajstić information content (AvgIpc) is 3.27. The predicted octanol–water partition coefficient (Wildman–Crippen LogP) is 4.35. The van der Waals surface area contributed by atoms with Gasteiger partial charge in [0.2, 0.25) is 0 Å². The van der Waals surface area contributed by atoms with Gasteiger partial charge in [-0.2, -0.15) is 0 Å². The Morgan fingerprint density at radius 3 is 2.03 bits per heavy atom. The molecule has 340 valence electrons. The molecule has 1 saturated heterocycles. The van der Waals surface area contributed by atoms with E-state index in [-0.39, 0.29) is 41.9 Å². The Morgan fingerprint density at radius 1 is 0.875 bits per heavy atom. The zero-order valence-corrected chi connectivity index (χ0v) is 36.3. The third-order valence-electron chi connectivity index (χ3n) is 13.7. The van der Waals surface area contributed by atoms with Crippen LogP contribution in [0.3, 0.4) is 0 Å². The Bertz CT molecular complexity index is 2320. The number of benzene rings is 3. The van der Waals surface area contributed by atoms with Crippen LogP contribution < -0.4 is 5.32 Å². The minimum atomic E-state index is -2.43. The first-order valence-corrected chi connectivity index (χ1v) is 21.2. The molecule has 0 aromatic heterocycles. The van der Waals surface area contributed by atoms with Crippen molar-refractivity contribution in [3.8, 4) is 0 Å². The summed E-state index contributed by atoms with van der Waals surface area (Å²) in [4.78, 5) is 84.1. The third-order valence-corrected chi connectivity index (χ3v) is 13.7. The van der Waals surface area contributed by atoms with Crippen LogP contribution in [0.5, 0.6) is 0 Å². The van der Waals surface area contributed by atoms with Gasteiger partial charge in [0, 0.05) is 30.7 Å². The Labute approximate surface area is 369 Å². The molecule has 1 unspecified atom stereocenters. The van der Waals surface area contributed by atoms with Gasteiger partial charge in [-0.3, -0.25) is 14.4 Å². The molecule has 3 aliphatic carbocycles. The summed E-state index contributed by atoms with van der Waals surface area (Å²) < 4.78 is 35.6. The van der Waals surface area contributed by atoms with Crippen LogP contribution in [0.4, 0.5) is 4.79 Å². The monoisotopic (exact) mass is 883 g/mol. The highest BCUT2D eigenvalue weighted by molar-refractivity contribution is 5.96. The first kappa shape index (κ1) is 46.1. The van der Waals surface area contributed by atoms with E-state index in [9.17, 15) is 39.3 Å². The van der Waals surface area contributed by atoms with Crippen LogP contribution in [0.25, 0.3) is 0 Å². The number of carbonyl (C=O) groups excluding carboxylic acids is 6. The molecule has 0 radical (unpaired) electrons. The molecule has 2 saturated carbocycles. The fraction of sp³-hybridized carbons (Fsp3) is 0.458. The number of hydrogen-bond acceptors (Lipinski definition) is 15. The minimum Gasteiger partial charge on any atom is -0.456 e. The van der Waals surface area contributed by atoms with E-state index in [2.05, 4.69) is 5.32 Å². The highest BCUT2D eigenvalue weighted by Gasteiger charge is 2.78. The fourth-order valence-electron chi connectivity index (χ4n) is 10.2. The van der Waals surface area contributed by atoms with Gasteiger partial charge in [-0.1, -0.05) is 80.6 Å². The van der Waals surface area contributed by atoms with Crippen LogP contribution in [0.15, 0.2) is 102 Å². The number of Topliss-reactive ketones (excluding diaryl/α,β-unsaturated/α-hetero) is 1. The van der Waals surface area contributed by atoms with Gasteiger partial charge in [0.1, 0.15) is 23.9 Å². The Kier molecular flexibility index (Phi) is 12.6. The molecule has 16 heteroatoms. The van der Waals surface area contributed by atoms with E-state index >= 15 is 4.79 Å². The second-order valence-electron chi connectivity index (χ2n) is 17.5. The lowest BCUT2D eigenvalue weighted by molar-refractivity contribution is -0.344. The van der Waals surface area contributed by atoms with E-state index < -0.39 is 113 Å². The summed E-state index contributed by atoms with van der Waals surface area (Å²) in [6.45, 7) is 8.14. The van der Waals surface area contributed by atoms with E-state index in [1.807, 2.05) is 0 Å². The fourth-order valence-corrected chi connectivity index (χ4v) is 10.2. The summed E-state index contributed by atoms with van der Waals surface area (Å²) in [6.07, 6.45) is -12.0. The lowest BCUT2D eigenvalue weighted by atomic mass is 9.44.